The Kier molecular flexibility index (Phi) is 10.4. The molecule has 4 rings (SSSR count). The summed E-state index contributed by atoms with van der Waals surface area (Å²) in [4.78, 5) is 50.4. The zero-order chi connectivity index (χ0) is 30.1. The number of amides is 3. The molecule has 14 nitrogen and oxygen atoms in total. The third-order valence-corrected chi connectivity index (χ3v) is 8.63. The highest BCUT2D eigenvalue weighted by Gasteiger charge is 2.33. The average Bonchev–Trinajstić information content (AvgIpc) is 3.55. The van der Waals surface area contributed by atoms with Gasteiger partial charge in [-0.15, -0.1) is 0 Å². The van der Waals surface area contributed by atoms with E-state index in [-0.39, 0.29) is 57.7 Å². The van der Waals surface area contributed by atoms with Crippen LogP contribution < -0.4 is 5.32 Å². The first kappa shape index (κ1) is 30.8. The van der Waals surface area contributed by atoms with Crippen LogP contribution in [0.4, 0.5) is 4.79 Å². The molecular weight excluding hydrogens is 565 g/mol. The second-order valence-electron chi connectivity index (χ2n) is 9.33. The molecule has 1 saturated heterocycles. The number of nitrogens with one attached hydrogen (secondary N) is 1. The van der Waals surface area contributed by atoms with Crippen LogP contribution in [0, 0.1) is 0 Å². The van der Waals surface area contributed by atoms with E-state index in [1.807, 2.05) is 30.3 Å². The first-order chi connectivity index (χ1) is 20.2. The van der Waals surface area contributed by atoms with E-state index in [9.17, 15) is 24.1 Å². The number of benzene rings is 1. The minimum atomic E-state index is -3.53. The predicted molar refractivity (Wildman–Crippen MR) is 152 cm³/mol. The molecule has 1 aromatic carbocycles. The Morgan fingerprint density at radius 3 is 2.26 bits per heavy atom. The molecule has 42 heavy (non-hydrogen) atoms. The normalized spacial score (nSPS) is 14.4. The van der Waals surface area contributed by atoms with Gasteiger partial charge in [-0.3, -0.25) is 14.2 Å². The molecule has 3 heterocycles. The standard InChI is InChI=1S/C27H34N7O7P/c1-3-40-42(39,41-4-2)18-11-21(26(36)32-14-16-33(17-15-32)27(37)38)30-25(35)22-19-23(34-13-8-12-28-34)31-24(29-22)20-9-6-5-7-10-20/h5-10,12-13,19,21H,3-4,11,14-18H2,1-2H3,(H,30,35)(H,37,38)/t21-/m0/s1. The second-order valence-corrected chi connectivity index (χ2v) is 11.5. The lowest BCUT2D eigenvalue weighted by Crippen LogP contribution is -2.56. The Bertz CT molecular complexity index is 1400. The first-order valence-corrected chi connectivity index (χ1v) is 15.4. The van der Waals surface area contributed by atoms with E-state index in [1.54, 1.807) is 32.3 Å². The van der Waals surface area contributed by atoms with Crippen molar-refractivity contribution in [3.63, 3.8) is 0 Å². The molecule has 0 bridgehead atoms. The fourth-order valence-electron chi connectivity index (χ4n) is 4.46. The van der Waals surface area contributed by atoms with Gasteiger partial charge in [0, 0.05) is 50.2 Å². The van der Waals surface area contributed by atoms with Crippen molar-refractivity contribution < 1.29 is 33.1 Å². The van der Waals surface area contributed by atoms with Crippen LogP contribution in [0.3, 0.4) is 0 Å². The van der Waals surface area contributed by atoms with E-state index < -0.39 is 31.5 Å². The molecule has 0 spiro atoms. The quantitative estimate of drug-likeness (QED) is 0.295. The van der Waals surface area contributed by atoms with Crippen LogP contribution in [-0.4, -0.2) is 104 Å². The van der Waals surface area contributed by atoms with Gasteiger partial charge in [0.25, 0.3) is 5.91 Å². The highest BCUT2D eigenvalue weighted by Crippen LogP contribution is 2.48. The van der Waals surface area contributed by atoms with Gasteiger partial charge in [-0.2, -0.15) is 5.10 Å². The molecular formula is C27H34N7O7P. The molecule has 15 heteroatoms. The molecule has 0 saturated carbocycles. The fourth-order valence-corrected chi connectivity index (χ4v) is 6.16. The van der Waals surface area contributed by atoms with Crippen molar-refractivity contribution in [3.8, 4) is 17.2 Å². The lowest BCUT2D eigenvalue weighted by molar-refractivity contribution is -0.134. The summed E-state index contributed by atoms with van der Waals surface area (Å²) in [5.74, 6) is -0.437. The molecule has 3 amide bonds. The van der Waals surface area contributed by atoms with Gasteiger partial charge in [-0.05, 0) is 26.3 Å². The summed E-state index contributed by atoms with van der Waals surface area (Å²) in [7, 11) is -3.53. The fraction of sp³-hybridized carbons (Fsp3) is 0.407. The summed E-state index contributed by atoms with van der Waals surface area (Å²) in [6.07, 6.45) is 2.05. The lowest BCUT2D eigenvalue weighted by Gasteiger charge is -2.35. The average molecular weight is 600 g/mol. The van der Waals surface area contributed by atoms with Crippen molar-refractivity contribution >= 4 is 25.5 Å². The van der Waals surface area contributed by atoms with Crippen LogP contribution >= 0.6 is 7.60 Å². The van der Waals surface area contributed by atoms with E-state index >= 15 is 0 Å². The van der Waals surface area contributed by atoms with Crippen LogP contribution in [0.25, 0.3) is 17.2 Å². The van der Waals surface area contributed by atoms with Crippen molar-refractivity contribution in [1.82, 2.24) is 34.9 Å². The van der Waals surface area contributed by atoms with Gasteiger partial charge in [-0.25, -0.2) is 19.4 Å². The van der Waals surface area contributed by atoms with E-state index in [1.165, 1.54) is 20.5 Å². The van der Waals surface area contributed by atoms with Crippen molar-refractivity contribution in [1.29, 1.82) is 0 Å². The van der Waals surface area contributed by atoms with Crippen molar-refractivity contribution in [2.24, 2.45) is 0 Å². The SMILES string of the molecule is CCOP(=O)(CC[C@H](NC(=O)c1cc(-n2cccn2)nc(-c2ccccc2)n1)C(=O)N1CCN(C(=O)O)CC1)OCC. The number of carboxylic acid groups (broad SMARTS) is 1. The highest BCUT2D eigenvalue weighted by atomic mass is 31.2. The molecule has 1 aliphatic rings. The smallest absolute Gasteiger partial charge is 0.407 e. The summed E-state index contributed by atoms with van der Waals surface area (Å²) in [5.41, 5.74) is 0.680. The second kappa shape index (κ2) is 14.2. The number of nitrogens with zero attached hydrogens (tertiary/aromatic N) is 6. The van der Waals surface area contributed by atoms with Crippen LogP contribution in [0.15, 0.2) is 54.9 Å². The predicted octanol–water partition coefficient (Wildman–Crippen LogP) is 2.91. The molecule has 1 fully saturated rings. The molecule has 0 aliphatic carbocycles. The monoisotopic (exact) mass is 599 g/mol. The maximum absolute atomic E-state index is 13.6. The number of piperazine rings is 1. The van der Waals surface area contributed by atoms with Crippen LogP contribution in [0.1, 0.15) is 30.8 Å². The molecule has 1 atom stereocenters. The molecule has 2 N–H and O–H groups in total. The molecule has 2 aromatic heterocycles. The van der Waals surface area contributed by atoms with Gasteiger partial charge in [0.05, 0.1) is 19.4 Å². The molecule has 0 radical (unpaired) electrons. The molecule has 0 unspecified atom stereocenters. The van der Waals surface area contributed by atoms with Crippen LogP contribution in [0.5, 0.6) is 0 Å². The third-order valence-electron chi connectivity index (χ3n) is 6.52. The first-order valence-electron chi connectivity index (χ1n) is 13.6. The van der Waals surface area contributed by atoms with Gasteiger partial charge < -0.3 is 29.3 Å². The molecule has 1 aliphatic heterocycles. The van der Waals surface area contributed by atoms with E-state index in [0.29, 0.717) is 17.2 Å². The zero-order valence-corrected chi connectivity index (χ0v) is 24.4. The van der Waals surface area contributed by atoms with Gasteiger partial charge >= 0.3 is 13.7 Å². The van der Waals surface area contributed by atoms with Crippen LogP contribution in [-0.2, 0) is 18.4 Å². The summed E-state index contributed by atoms with van der Waals surface area (Å²) in [6.45, 7) is 4.26. The highest BCUT2D eigenvalue weighted by molar-refractivity contribution is 7.53. The van der Waals surface area contributed by atoms with Gasteiger partial charge in [0.1, 0.15) is 11.7 Å². The minimum absolute atomic E-state index is 0.000601. The van der Waals surface area contributed by atoms with Gasteiger partial charge in [0.2, 0.25) is 5.91 Å². The maximum atomic E-state index is 13.6. The Labute approximate surface area is 243 Å². The van der Waals surface area contributed by atoms with Gasteiger partial charge in [0.15, 0.2) is 11.6 Å². The minimum Gasteiger partial charge on any atom is -0.465 e. The summed E-state index contributed by atoms with van der Waals surface area (Å²) in [5, 5.41) is 16.2. The summed E-state index contributed by atoms with van der Waals surface area (Å²) >= 11 is 0. The number of carbonyl (C=O) groups is 3. The number of rotatable bonds is 12. The number of carbonyl (C=O) groups excluding carboxylic acids is 2. The molecule has 3 aromatic rings. The topological polar surface area (TPSA) is 169 Å². The van der Waals surface area contributed by atoms with Crippen molar-refractivity contribution in [2.75, 3.05) is 45.6 Å². The largest absolute Gasteiger partial charge is 0.465 e. The third kappa shape index (κ3) is 7.78. The van der Waals surface area contributed by atoms with E-state index in [2.05, 4.69) is 20.4 Å². The maximum Gasteiger partial charge on any atom is 0.407 e. The Morgan fingerprint density at radius 1 is 1.00 bits per heavy atom. The lowest BCUT2D eigenvalue weighted by atomic mass is 10.1. The van der Waals surface area contributed by atoms with E-state index in [4.69, 9.17) is 9.05 Å². The number of hydrogen-bond donors (Lipinski definition) is 2. The van der Waals surface area contributed by atoms with Crippen molar-refractivity contribution in [3.05, 3.63) is 60.6 Å². The Hall–Kier alpha value is -4.13. The molecule has 224 valence electrons. The summed E-state index contributed by atoms with van der Waals surface area (Å²) in [6, 6.07) is 11.2. The number of aromatic nitrogens is 4. The van der Waals surface area contributed by atoms with E-state index in [0.717, 1.165) is 0 Å². The zero-order valence-electron chi connectivity index (χ0n) is 23.5. The number of hydrogen-bond acceptors (Lipinski definition) is 9. The van der Waals surface area contributed by atoms with Crippen LogP contribution in [0.2, 0.25) is 0 Å². The van der Waals surface area contributed by atoms with Crippen molar-refractivity contribution in [2.45, 2.75) is 26.3 Å². The Morgan fingerprint density at radius 2 is 1.67 bits per heavy atom. The van der Waals surface area contributed by atoms with Gasteiger partial charge in [-0.1, -0.05) is 30.3 Å². The Balaban J connectivity index is 1.62. The summed E-state index contributed by atoms with van der Waals surface area (Å²) < 4.78 is 25.5.